The second-order valence-corrected chi connectivity index (χ2v) is 3.29. The molecule has 0 aromatic heterocycles. The van der Waals surface area contributed by atoms with Crippen molar-refractivity contribution in [1.29, 1.82) is 0 Å². The van der Waals surface area contributed by atoms with Gasteiger partial charge in [0.05, 0.1) is 12.7 Å². The zero-order valence-corrected chi connectivity index (χ0v) is 9.38. The average Bonchev–Trinajstić information content (AvgIpc) is 2.29. The maximum absolute atomic E-state index is 11.2. The van der Waals surface area contributed by atoms with Crippen molar-refractivity contribution in [2.24, 2.45) is 0 Å². The van der Waals surface area contributed by atoms with Crippen LogP contribution in [0, 0.1) is 11.8 Å². The Morgan fingerprint density at radius 2 is 2.33 bits per heavy atom. The summed E-state index contributed by atoms with van der Waals surface area (Å²) >= 11 is 4.06. The Hall–Kier alpha value is -1.40. The number of esters is 1. The van der Waals surface area contributed by atoms with Gasteiger partial charge in [0.15, 0.2) is 0 Å². The molecule has 0 spiro atoms. The van der Waals surface area contributed by atoms with Crippen LogP contribution in [0.3, 0.4) is 0 Å². The van der Waals surface area contributed by atoms with E-state index in [0.29, 0.717) is 5.56 Å². The molecule has 0 radical (unpaired) electrons. The monoisotopic (exact) mass is 220 g/mol. The molecule has 15 heavy (non-hydrogen) atoms. The highest BCUT2D eigenvalue weighted by Crippen LogP contribution is 2.05. The van der Waals surface area contributed by atoms with Crippen LogP contribution in [0.25, 0.3) is 0 Å². The molecule has 1 aromatic carbocycles. The molecule has 78 valence electrons. The standard InChI is InChI=1S/C12H12O2S/c1-14-12(13)11-7-4-6-10(9-11)5-2-3-8-15/h4,6-7,9,15H,3,8H2,1H3. The summed E-state index contributed by atoms with van der Waals surface area (Å²) < 4.78 is 4.62. The molecular weight excluding hydrogens is 208 g/mol. The molecule has 1 aromatic rings. The fraction of sp³-hybridized carbons (Fsp3) is 0.250. The lowest BCUT2D eigenvalue weighted by Gasteiger charge is -1.98. The Bertz CT molecular complexity index is 402. The van der Waals surface area contributed by atoms with Gasteiger partial charge < -0.3 is 4.74 Å². The van der Waals surface area contributed by atoms with Crippen molar-refractivity contribution in [1.82, 2.24) is 0 Å². The Balaban J connectivity index is 2.84. The van der Waals surface area contributed by atoms with Gasteiger partial charge in [-0.25, -0.2) is 4.79 Å². The van der Waals surface area contributed by atoms with E-state index < -0.39 is 0 Å². The Kier molecular flexibility index (Phi) is 4.79. The Labute approximate surface area is 95.1 Å². The molecule has 0 N–H and O–H groups in total. The third-order valence-electron chi connectivity index (χ3n) is 1.75. The molecule has 0 bridgehead atoms. The first-order valence-electron chi connectivity index (χ1n) is 4.56. The van der Waals surface area contributed by atoms with E-state index in [-0.39, 0.29) is 5.97 Å². The highest BCUT2D eigenvalue weighted by molar-refractivity contribution is 7.80. The predicted molar refractivity (Wildman–Crippen MR) is 63.1 cm³/mol. The first kappa shape index (κ1) is 11.7. The average molecular weight is 220 g/mol. The fourth-order valence-electron chi connectivity index (χ4n) is 1.06. The number of benzene rings is 1. The van der Waals surface area contributed by atoms with Gasteiger partial charge in [-0.05, 0) is 18.2 Å². The highest BCUT2D eigenvalue weighted by atomic mass is 32.1. The Morgan fingerprint density at radius 3 is 3.00 bits per heavy atom. The highest BCUT2D eigenvalue weighted by Gasteiger charge is 2.03. The number of hydrogen-bond acceptors (Lipinski definition) is 3. The van der Waals surface area contributed by atoms with Crippen molar-refractivity contribution in [3.8, 4) is 11.8 Å². The summed E-state index contributed by atoms with van der Waals surface area (Å²) in [4.78, 5) is 11.2. The lowest BCUT2D eigenvalue weighted by Crippen LogP contribution is -2.00. The second-order valence-electron chi connectivity index (χ2n) is 2.85. The van der Waals surface area contributed by atoms with Gasteiger partial charge >= 0.3 is 5.97 Å². The van der Waals surface area contributed by atoms with Crippen LogP contribution in [0.4, 0.5) is 0 Å². The maximum Gasteiger partial charge on any atom is 0.337 e. The van der Waals surface area contributed by atoms with E-state index in [2.05, 4.69) is 29.2 Å². The molecule has 0 aliphatic carbocycles. The van der Waals surface area contributed by atoms with Gasteiger partial charge in [-0.1, -0.05) is 17.9 Å². The number of rotatable bonds is 2. The SMILES string of the molecule is COC(=O)c1cccc(C#CCCS)c1. The number of ether oxygens (including phenoxy) is 1. The van der Waals surface area contributed by atoms with Crippen LogP contribution >= 0.6 is 12.6 Å². The summed E-state index contributed by atoms with van der Waals surface area (Å²) in [5, 5.41) is 0. The summed E-state index contributed by atoms with van der Waals surface area (Å²) in [6.45, 7) is 0. The molecule has 0 atom stereocenters. The molecule has 0 saturated carbocycles. The molecule has 0 aliphatic heterocycles. The molecular formula is C12H12O2S. The van der Waals surface area contributed by atoms with Gasteiger partial charge in [-0.15, -0.1) is 0 Å². The van der Waals surface area contributed by atoms with Crippen LogP contribution < -0.4 is 0 Å². The van der Waals surface area contributed by atoms with Crippen molar-refractivity contribution in [2.45, 2.75) is 6.42 Å². The molecule has 3 heteroatoms. The summed E-state index contributed by atoms with van der Waals surface area (Å²) in [6.07, 6.45) is 0.742. The number of carbonyl (C=O) groups is 1. The summed E-state index contributed by atoms with van der Waals surface area (Å²) in [5.74, 6) is 6.32. The summed E-state index contributed by atoms with van der Waals surface area (Å²) in [6, 6.07) is 7.07. The largest absolute Gasteiger partial charge is 0.465 e. The minimum absolute atomic E-state index is 0.340. The van der Waals surface area contributed by atoms with Crippen LogP contribution in [0.5, 0.6) is 0 Å². The van der Waals surface area contributed by atoms with Gasteiger partial charge in [-0.2, -0.15) is 12.6 Å². The zero-order chi connectivity index (χ0) is 11.1. The van der Waals surface area contributed by atoms with E-state index in [4.69, 9.17) is 0 Å². The third kappa shape index (κ3) is 3.69. The number of methoxy groups -OCH3 is 1. The van der Waals surface area contributed by atoms with E-state index in [9.17, 15) is 4.79 Å². The van der Waals surface area contributed by atoms with Crippen LogP contribution in [-0.2, 0) is 4.74 Å². The van der Waals surface area contributed by atoms with Gasteiger partial charge in [0.2, 0.25) is 0 Å². The van der Waals surface area contributed by atoms with E-state index >= 15 is 0 Å². The summed E-state index contributed by atoms with van der Waals surface area (Å²) in [5.41, 5.74) is 1.34. The topological polar surface area (TPSA) is 26.3 Å². The molecule has 0 fully saturated rings. The molecule has 0 aliphatic rings. The molecule has 0 amide bonds. The van der Waals surface area contributed by atoms with Crippen molar-refractivity contribution >= 4 is 18.6 Å². The van der Waals surface area contributed by atoms with Gasteiger partial charge in [0.25, 0.3) is 0 Å². The molecule has 2 nitrogen and oxygen atoms in total. The van der Waals surface area contributed by atoms with Crippen molar-refractivity contribution in [3.63, 3.8) is 0 Å². The lowest BCUT2D eigenvalue weighted by molar-refractivity contribution is 0.0600. The molecule has 0 saturated heterocycles. The van der Waals surface area contributed by atoms with Crippen molar-refractivity contribution < 1.29 is 9.53 Å². The normalized spacial score (nSPS) is 8.93. The molecule has 1 rings (SSSR count). The summed E-state index contributed by atoms with van der Waals surface area (Å²) in [7, 11) is 1.36. The number of thiol groups is 1. The zero-order valence-electron chi connectivity index (χ0n) is 8.49. The van der Waals surface area contributed by atoms with Gasteiger partial charge in [-0.3, -0.25) is 0 Å². The molecule has 0 heterocycles. The van der Waals surface area contributed by atoms with Crippen LogP contribution in [0.1, 0.15) is 22.3 Å². The third-order valence-corrected chi connectivity index (χ3v) is 1.98. The van der Waals surface area contributed by atoms with Crippen molar-refractivity contribution in [2.75, 3.05) is 12.9 Å². The van der Waals surface area contributed by atoms with E-state index in [1.807, 2.05) is 6.07 Å². The minimum Gasteiger partial charge on any atom is -0.465 e. The van der Waals surface area contributed by atoms with Gasteiger partial charge in [0.1, 0.15) is 0 Å². The van der Waals surface area contributed by atoms with Gasteiger partial charge in [0, 0.05) is 17.7 Å². The predicted octanol–water partition coefficient (Wildman–Crippen LogP) is 2.14. The van der Waals surface area contributed by atoms with Crippen LogP contribution in [-0.4, -0.2) is 18.8 Å². The van der Waals surface area contributed by atoms with Crippen LogP contribution in [0.15, 0.2) is 24.3 Å². The first-order chi connectivity index (χ1) is 7.27. The van der Waals surface area contributed by atoms with E-state index in [0.717, 1.165) is 17.7 Å². The number of hydrogen-bond donors (Lipinski definition) is 1. The quantitative estimate of drug-likeness (QED) is 0.469. The maximum atomic E-state index is 11.2. The fourth-order valence-corrected chi connectivity index (χ4v) is 1.17. The first-order valence-corrected chi connectivity index (χ1v) is 5.19. The molecule has 0 unspecified atom stereocenters. The minimum atomic E-state index is -0.340. The lowest BCUT2D eigenvalue weighted by atomic mass is 10.1. The van der Waals surface area contributed by atoms with Crippen molar-refractivity contribution in [3.05, 3.63) is 35.4 Å². The van der Waals surface area contributed by atoms with Crippen LogP contribution in [0.2, 0.25) is 0 Å². The number of carbonyl (C=O) groups excluding carboxylic acids is 1. The Morgan fingerprint density at radius 1 is 1.53 bits per heavy atom. The van der Waals surface area contributed by atoms with E-state index in [1.54, 1.807) is 18.2 Å². The second kappa shape index (κ2) is 6.15. The van der Waals surface area contributed by atoms with E-state index in [1.165, 1.54) is 7.11 Å². The smallest absolute Gasteiger partial charge is 0.337 e.